The third-order valence-electron chi connectivity index (χ3n) is 4.58. The molecule has 10 heteroatoms. The van der Waals surface area contributed by atoms with Gasteiger partial charge in [-0.3, -0.25) is 14.6 Å². The molecule has 0 saturated heterocycles. The van der Waals surface area contributed by atoms with Gasteiger partial charge in [0, 0.05) is 44.7 Å². The predicted octanol–water partition coefficient (Wildman–Crippen LogP) is 1.20. The number of benzene rings is 1. The second-order valence-corrected chi connectivity index (χ2v) is 6.97. The van der Waals surface area contributed by atoms with Gasteiger partial charge in [0.05, 0.1) is 5.69 Å². The SMILES string of the molecule is Cc1cc(NC(=O)c2cccc(N(C)C)c2)n(C2=NC(=O)C3C=NN(C)C3=N2)n1. The Morgan fingerprint density at radius 3 is 2.76 bits per heavy atom. The van der Waals surface area contributed by atoms with Gasteiger partial charge in [0.25, 0.3) is 17.8 Å². The van der Waals surface area contributed by atoms with Crippen LogP contribution in [0.5, 0.6) is 0 Å². The summed E-state index contributed by atoms with van der Waals surface area (Å²) in [5, 5.41) is 12.8. The number of hydrazone groups is 1. The van der Waals surface area contributed by atoms with Gasteiger partial charge in [0.15, 0.2) is 0 Å². The van der Waals surface area contributed by atoms with Crippen LogP contribution in [0, 0.1) is 12.8 Å². The average molecular weight is 392 g/mol. The van der Waals surface area contributed by atoms with E-state index in [0.29, 0.717) is 22.9 Å². The highest BCUT2D eigenvalue weighted by atomic mass is 16.2. The van der Waals surface area contributed by atoms with Crippen molar-refractivity contribution in [2.45, 2.75) is 6.92 Å². The summed E-state index contributed by atoms with van der Waals surface area (Å²) in [4.78, 5) is 35.5. The first-order chi connectivity index (χ1) is 13.8. The lowest BCUT2D eigenvalue weighted by Crippen LogP contribution is -2.35. The Morgan fingerprint density at radius 1 is 1.21 bits per heavy atom. The highest BCUT2D eigenvalue weighted by Gasteiger charge is 2.35. The Kier molecular flexibility index (Phi) is 4.45. The molecule has 2 aliphatic rings. The summed E-state index contributed by atoms with van der Waals surface area (Å²) in [5.74, 6) is -0.314. The second kappa shape index (κ2) is 6.97. The topological polar surface area (TPSA) is 108 Å². The Morgan fingerprint density at radius 2 is 2.00 bits per heavy atom. The highest BCUT2D eigenvalue weighted by molar-refractivity contribution is 6.24. The van der Waals surface area contributed by atoms with Crippen LogP contribution in [0.4, 0.5) is 11.5 Å². The molecule has 148 valence electrons. The molecule has 2 aromatic rings. The van der Waals surface area contributed by atoms with Crippen molar-refractivity contribution in [3.05, 3.63) is 41.6 Å². The van der Waals surface area contributed by atoms with E-state index in [1.54, 1.807) is 32.2 Å². The monoisotopic (exact) mass is 392 g/mol. The lowest BCUT2D eigenvalue weighted by Gasteiger charge is -2.17. The fraction of sp³-hybridized carbons (Fsp3) is 0.263. The molecule has 1 N–H and O–H groups in total. The normalized spacial score (nSPS) is 17.7. The summed E-state index contributed by atoms with van der Waals surface area (Å²) in [6, 6.07) is 8.95. The molecule has 0 saturated carbocycles. The fourth-order valence-electron chi connectivity index (χ4n) is 3.05. The van der Waals surface area contributed by atoms with Gasteiger partial charge in [-0.1, -0.05) is 6.07 Å². The van der Waals surface area contributed by atoms with Crippen LogP contribution in [0.15, 0.2) is 45.4 Å². The third-order valence-corrected chi connectivity index (χ3v) is 4.58. The molecule has 4 rings (SSSR count). The number of hydrogen-bond acceptors (Lipinski definition) is 7. The molecule has 1 aromatic heterocycles. The zero-order valence-electron chi connectivity index (χ0n) is 16.5. The van der Waals surface area contributed by atoms with Crippen LogP contribution in [-0.4, -0.2) is 65.8 Å². The number of aliphatic imine (C=N–C) groups is 2. The maximum absolute atomic E-state index is 12.8. The largest absolute Gasteiger partial charge is 0.378 e. The maximum Gasteiger partial charge on any atom is 0.265 e. The molecule has 1 atom stereocenters. The number of aryl methyl sites for hydroxylation is 1. The number of amides is 2. The second-order valence-electron chi connectivity index (χ2n) is 6.97. The van der Waals surface area contributed by atoms with E-state index >= 15 is 0 Å². The summed E-state index contributed by atoms with van der Waals surface area (Å²) in [6.45, 7) is 1.78. The van der Waals surface area contributed by atoms with Crippen LogP contribution in [0.1, 0.15) is 16.1 Å². The number of amidine groups is 1. The van der Waals surface area contributed by atoms with Crippen molar-refractivity contribution in [3.8, 4) is 0 Å². The number of nitrogens with one attached hydrogen (secondary N) is 1. The van der Waals surface area contributed by atoms with Gasteiger partial charge < -0.3 is 10.2 Å². The third kappa shape index (κ3) is 3.40. The summed E-state index contributed by atoms with van der Waals surface area (Å²) >= 11 is 0. The molecular formula is C19H20N8O2. The molecular weight excluding hydrogens is 372 g/mol. The van der Waals surface area contributed by atoms with Crippen molar-refractivity contribution < 1.29 is 9.59 Å². The minimum absolute atomic E-state index is 0.0871. The van der Waals surface area contributed by atoms with Crippen molar-refractivity contribution in [1.29, 1.82) is 0 Å². The number of carbonyl (C=O) groups is 2. The number of rotatable bonds is 3. The van der Waals surface area contributed by atoms with E-state index in [9.17, 15) is 9.59 Å². The number of aromatic nitrogens is 2. The van der Waals surface area contributed by atoms with Gasteiger partial charge in [0.2, 0.25) is 0 Å². The minimum Gasteiger partial charge on any atom is -0.378 e. The van der Waals surface area contributed by atoms with Crippen molar-refractivity contribution in [2.75, 3.05) is 31.4 Å². The number of nitrogens with zero attached hydrogens (tertiary/aromatic N) is 7. The van der Waals surface area contributed by atoms with Gasteiger partial charge in [-0.15, -0.1) is 0 Å². The first-order valence-electron chi connectivity index (χ1n) is 8.98. The van der Waals surface area contributed by atoms with Crippen molar-refractivity contribution >= 4 is 41.3 Å². The Balaban J connectivity index is 1.65. The van der Waals surface area contributed by atoms with Crippen LogP contribution < -0.4 is 10.2 Å². The van der Waals surface area contributed by atoms with E-state index in [-0.39, 0.29) is 17.8 Å². The maximum atomic E-state index is 12.8. The van der Waals surface area contributed by atoms with E-state index in [1.807, 2.05) is 31.1 Å². The number of carbonyl (C=O) groups excluding carboxylic acids is 2. The highest BCUT2D eigenvalue weighted by Crippen LogP contribution is 2.20. The molecule has 0 aliphatic carbocycles. The molecule has 0 spiro atoms. The molecule has 1 aromatic carbocycles. The Labute approximate surface area is 167 Å². The standard InChI is InChI=1S/C19H20N8O2/c1-11-8-15(21-17(28)12-6-5-7-13(9-12)25(2)3)27(24-11)19-22-16-14(18(29)23-19)10-20-26(16)4/h5-10,14H,1-4H3,(H,21,28). The van der Waals surface area contributed by atoms with Gasteiger partial charge in [-0.2, -0.15) is 24.9 Å². The molecule has 29 heavy (non-hydrogen) atoms. The smallest absolute Gasteiger partial charge is 0.265 e. The minimum atomic E-state index is -0.577. The molecule has 0 radical (unpaired) electrons. The number of hydrogen-bond donors (Lipinski definition) is 1. The zero-order chi connectivity index (χ0) is 20.7. The van der Waals surface area contributed by atoms with E-state index in [2.05, 4.69) is 25.5 Å². The van der Waals surface area contributed by atoms with E-state index in [1.165, 1.54) is 15.9 Å². The predicted molar refractivity (Wildman–Crippen MR) is 111 cm³/mol. The van der Waals surface area contributed by atoms with Crippen LogP contribution in [0.2, 0.25) is 0 Å². The van der Waals surface area contributed by atoms with Crippen LogP contribution in [0.3, 0.4) is 0 Å². The lowest BCUT2D eigenvalue weighted by molar-refractivity contribution is -0.118. The molecule has 1 unspecified atom stereocenters. The first kappa shape index (κ1) is 18.5. The van der Waals surface area contributed by atoms with E-state index in [4.69, 9.17) is 0 Å². The van der Waals surface area contributed by atoms with Gasteiger partial charge in [0.1, 0.15) is 17.6 Å². The summed E-state index contributed by atoms with van der Waals surface area (Å²) in [5.41, 5.74) is 2.06. The summed E-state index contributed by atoms with van der Waals surface area (Å²) in [7, 11) is 5.52. The molecule has 2 amide bonds. The summed E-state index contributed by atoms with van der Waals surface area (Å²) in [6.07, 6.45) is 1.51. The van der Waals surface area contributed by atoms with Crippen LogP contribution in [-0.2, 0) is 4.79 Å². The Hall–Kier alpha value is -3.82. The average Bonchev–Trinajstić information content (AvgIpc) is 3.24. The molecule has 0 bridgehead atoms. The zero-order valence-corrected chi connectivity index (χ0v) is 16.5. The van der Waals surface area contributed by atoms with Gasteiger partial charge in [-0.25, -0.2) is 0 Å². The van der Waals surface area contributed by atoms with Crippen LogP contribution >= 0.6 is 0 Å². The number of fused-ring (bicyclic) bond motifs is 1. The molecule has 2 aliphatic heterocycles. The van der Waals surface area contributed by atoms with Crippen LogP contribution in [0.25, 0.3) is 0 Å². The van der Waals surface area contributed by atoms with Crippen molar-refractivity contribution in [2.24, 2.45) is 21.0 Å². The molecule has 3 heterocycles. The summed E-state index contributed by atoms with van der Waals surface area (Å²) < 4.78 is 1.36. The van der Waals surface area contributed by atoms with E-state index < -0.39 is 5.92 Å². The van der Waals surface area contributed by atoms with Gasteiger partial charge >= 0.3 is 0 Å². The lowest BCUT2D eigenvalue weighted by atomic mass is 10.1. The van der Waals surface area contributed by atoms with Crippen molar-refractivity contribution in [1.82, 2.24) is 14.8 Å². The molecule has 0 fully saturated rings. The van der Waals surface area contributed by atoms with Gasteiger partial charge in [-0.05, 0) is 25.1 Å². The number of anilines is 2. The van der Waals surface area contributed by atoms with E-state index in [0.717, 1.165) is 5.69 Å². The Bertz CT molecular complexity index is 1100. The first-order valence-corrected chi connectivity index (χ1v) is 8.98. The quantitative estimate of drug-likeness (QED) is 0.845. The fourth-order valence-corrected chi connectivity index (χ4v) is 3.05. The molecule has 10 nitrogen and oxygen atoms in total. The van der Waals surface area contributed by atoms with Crippen molar-refractivity contribution in [3.63, 3.8) is 0 Å².